The van der Waals surface area contributed by atoms with Crippen LogP contribution in [0.25, 0.3) is 0 Å². The molecule has 0 saturated carbocycles. The first kappa shape index (κ1) is 16.3. The summed E-state index contributed by atoms with van der Waals surface area (Å²) >= 11 is 1.73. The third-order valence-corrected chi connectivity index (χ3v) is 3.97. The zero-order valence-electron chi connectivity index (χ0n) is 10.7. The number of hydrogen-bond acceptors (Lipinski definition) is 3. The SMILES string of the molecule is Cc1cc(F)ccc1CCNC(=O)C1CSCN1.Cl. The van der Waals surface area contributed by atoms with Crippen LogP contribution in [0, 0.1) is 12.7 Å². The smallest absolute Gasteiger partial charge is 0.238 e. The monoisotopic (exact) mass is 304 g/mol. The summed E-state index contributed by atoms with van der Waals surface area (Å²) < 4.78 is 12.9. The fourth-order valence-electron chi connectivity index (χ4n) is 1.95. The average molecular weight is 305 g/mol. The van der Waals surface area contributed by atoms with Crippen molar-refractivity contribution in [2.24, 2.45) is 0 Å². The summed E-state index contributed by atoms with van der Waals surface area (Å²) in [6, 6.07) is 4.69. The Bertz CT molecular complexity index is 439. The normalized spacial score (nSPS) is 17.9. The summed E-state index contributed by atoms with van der Waals surface area (Å²) in [6.07, 6.45) is 0.734. The highest BCUT2D eigenvalue weighted by molar-refractivity contribution is 7.99. The van der Waals surface area contributed by atoms with Gasteiger partial charge in [0, 0.05) is 18.2 Å². The van der Waals surface area contributed by atoms with Gasteiger partial charge in [-0.15, -0.1) is 24.2 Å². The van der Waals surface area contributed by atoms with Gasteiger partial charge in [-0.25, -0.2) is 4.39 Å². The van der Waals surface area contributed by atoms with E-state index in [-0.39, 0.29) is 30.2 Å². The van der Waals surface area contributed by atoms with Gasteiger partial charge >= 0.3 is 0 Å². The van der Waals surface area contributed by atoms with Crippen LogP contribution >= 0.6 is 24.2 Å². The molecule has 1 fully saturated rings. The van der Waals surface area contributed by atoms with Crippen molar-refractivity contribution in [3.05, 3.63) is 35.1 Å². The Morgan fingerprint density at radius 1 is 1.58 bits per heavy atom. The highest BCUT2D eigenvalue weighted by Gasteiger charge is 2.21. The Kier molecular flexibility index (Phi) is 6.62. The van der Waals surface area contributed by atoms with Gasteiger partial charge in [-0.2, -0.15) is 0 Å². The van der Waals surface area contributed by atoms with Crippen LogP contribution in [-0.4, -0.2) is 30.1 Å². The molecule has 2 rings (SSSR count). The molecule has 19 heavy (non-hydrogen) atoms. The van der Waals surface area contributed by atoms with Gasteiger partial charge in [-0.05, 0) is 36.6 Å². The van der Waals surface area contributed by atoms with Crippen LogP contribution in [0.2, 0.25) is 0 Å². The lowest BCUT2D eigenvalue weighted by atomic mass is 10.1. The Labute approximate surface area is 123 Å². The maximum atomic E-state index is 12.9. The minimum absolute atomic E-state index is 0. The lowest BCUT2D eigenvalue weighted by molar-refractivity contribution is -0.122. The van der Waals surface area contributed by atoms with Gasteiger partial charge in [0.25, 0.3) is 0 Å². The lowest BCUT2D eigenvalue weighted by Crippen LogP contribution is -2.42. The number of carbonyl (C=O) groups excluding carboxylic acids is 1. The molecule has 3 nitrogen and oxygen atoms in total. The summed E-state index contributed by atoms with van der Waals surface area (Å²) in [4.78, 5) is 11.7. The van der Waals surface area contributed by atoms with Crippen molar-refractivity contribution >= 4 is 30.1 Å². The van der Waals surface area contributed by atoms with Crippen molar-refractivity contribution in [3.8, 4) is 0 Å². The fraction of sp³-hybridized carbons (Fsp3) is 0.462. The number of aryl methyl sites for hydroxylation is 1. The molecule has 0 aliphatic carbocycles. The second-order valence-corrected chi connectivity index (χ2v) is 5.41. The minimum Gasteiger partial charge on any atom is -0.354 e. The summed E-state index contributed by atoms with van der Waals surface area (Å²) in [5.41, 5.74) is 2.00. The number of hydrogen-bond donors (Lipinski definition) is 2. The molecule has 1 unspecified atom stereocenters. The van der Waals surface area contributed by atoms with Crippen molar-refractivity contribution < 1.29 is 9.18 Å². The highest BCUT2D eigenvalue weighted by atomic mass is 35.5. The van der Waals surface area contributed by atoms with Crippen LogP contribution in [0.1, 0.15) is 11.1 Å². The molecule has 106 valence electrons. The highest BCUT2D eigenvalue weighted by Crippen LogP contribution is 2.11. The van der Waals surface area contributed by atoms with E-state index >= 15 is 0 Å². The molecule has 1 amide bonds. The van der Waals surface area contributed by atoms with Crippen LogP contribution in [-0.2, 0) is 11.2 Å². The molecule has 0 bridgehead atoms. The van der Waals surface area contributed by atoms with Crippen molar-refractivity contribution in [3.63, 3.8) is 0 Å². The summed E-state index contributed by atoms with van der Waals surface area (Å²) in [7, 11) is 0. The van der Waals surface area contributed by atoms with Crippen LogP contribution in [0.5, 0.6) is 0 Å². The predicted octanol–water partition coefficient (Wildman–Crippen LogP) is 1.88. The maximum Gasteiger partial charge on any atom is 0.238 e. The summed E-state index contributed by atoms with van der Waals surface area (Å²) in [5, 5.41) is 6.03. The minimum atomic E-state index is -0.215. The summed E-state index contributed by atoms with van der Waals surface area (Å²) in [5.74, 6) is 1.52. The Morgan fingerprint density at radius 2 is 2.37 bits per heavy atom. The van der Waals surface area contributed by atoms with Crippen molar-refractivity contribution in [1.82, 2.24) is 10.6 Å². The zero-order valence-corrected chi connectivity index (χ0v) is 12.4. The number of thioether (sulfide) groups is 1. The standard InChI is InChI=1S/C13H17FN2OS.ClH/c1-9-6-11(14)3-2-10(9)4-5-15-13(17)12-7-18-8-16-12;/h2-3,6,12,16H,4-5,7-8H2,1H3,(H,15,17);1H. The second kappa shape index (κ2) is 7.72. The molecule has 0 aromatic heterocycles. The van der Waals surface area contributed by atoms with E-state index in [4.69, 9.17) is 0 Å². The number of halogens is 2. The molecule has 1 heterocycles. The average Bonchev–Trinajstić information content (AvgIpc) is 2.85. The van der Waals surface area contributed by atoms with Gasteiger partial charge < -0.3 is 5.32 Å². The molecule has 0 radical (unpaired) electrons. The quantitative estimate of drug-likeness (QED) is 0.892. The Morgan fingerprint density at radius 3 is 3.00 bits per heavy atom. The largest absolute Gasteiger partial charge is 0.354 e. The summed E-state index contributed by atoms with van der Waals surface area (Å²) in [6.45, 7) is 2.48. The molecule has 1 aromatic carbocycles. The van der Waals surface area contributed by atoms with Crippen molar-refractivity contribution in [2.75, 3.05) is 18.2 Å². The van der Waals surface area contributed by atoms with E-state index in [1.54, 1.807) is 17.8 Å². The third kappa shape index (κ3) is 4.67. The van der Waals surface area contributed by atoms with Gasteiger partial charge in [-0.1, -0.05) is 6.07 Å². The first-order valence-electron chi connectivity index (χ1n) is 6.00. The van der Waals surface area contributed by atoms with E-state index in [0.29, 0.717) is 6.54 Å². The maximum absolute atomic E-state index is 12.9. The zero-order chi connectivity index (χ0) is 13.0. The molecule has 1 aromatic rings. The van der Waals surface area contributed by atoms with Gasteiger partial charge in [0.05, 0.1) is 6.04 Å². The van der Waals surface area contributed by atoms with E-state index in [0.717, 1.165) is 29.2 Å². The number of nitrogens with one attached hydrogen (secondary N) is 2. The van der Waals surface area contributed by atoms with Crippen LogP contribution in [0.15, 0.2) is 18.2 Å². The molecule has 1 saturated heterocycles. The molecular weight excluding hydrogens is 287 g/mol. The number of amides is 1. The number of carbonyl (C=O) groups is 1. The molecule has 1 aliphatic heterocycles. The number of rotatable bonds is 4. The number of benzene rings is 1. The van der Waals surface area contributed by atoms with Gasteiger partial charge in [0.15, 0.2) is 0 Å². The van der Waals surface area contributed by atoms with E-state index < -0.39 is 0 Å². The van der Waals surface area contributed by atoms with Crippen molar-refractivity contribution in [2.45, 2.75) is 19.4 Å². The van der Waals surface area contributed by atoms with Gasteiger partial charge in [-0.3, -0.25) is 10.1 Å². The van der Waals surface area contributed by atoms with Gasteiger partial charge in [0.1, 0.15) is 5.82 Å². The molecule has 1 aliphatic rings. The van der Waals surface area contributed by atoms with Crippen molar-refractivity contribution in [1.29, 1.82) is 0 Å². The van der Waals surface area contributed by atoms with Crippen LogP contribution < -0.4 is 10.6 Å². The first-order valence-corrected chi connectivity index (χ1v) is 7.16. The Balaban J connectivity index is 0.00000180. The Hall–Kier alpha value is -0.780. The van der Waals surface area contributed by atoms with Gasteiger partial charge in [0.2, 0.25) is 5.91 Å². The van der Waals surface area contributed by atoms with E-state index in [1.165, 1.54) is 12.1 Å². The lowest BCUT2D eigenvalue weighted by Gasteiger charge is -2.11. The predicted molar refractivity (Wildman–Crippen MR) is 79.3 cm³/mol. The van der Waals surface area contributed by atoms with Crippen LogP contribution in [0.3, 0.4) is 0 Å². The van der Waals surface area contributed by atoms with E-state index in [9.17, 15) is 9.18 Å². The second-order valence-electron chi connectivity index (χ2n) is 4.38. The fourth-order valence-corrected chi connectivity index (χ4v) is 2.89. The van der Waals surface area contributed by atoms with Crippen LogP contribution in [0.4, 0.5) is 4.39 Å². The molecule has 0 spiro atoms. The topological polar surface area (TPSA) is 41.1 Å². The van der Waals surface area contributed by atoms with E-state index in [1.807, 2.05) is 6.92 Å². The first-order chi connectivity index (χ1) is 8.66. The molecule has 1 atom stereocenters. The third-order valence-electron chi connectivity index (χ3n) is 3.03. The van der Waals surface area contributed by atoms with E-state index in [2.05, 4.69) is 10.6 Å². The molecular formula is C13H18ClFN2OS. The molecule has 2 N–H and O–H groups in total. The molecule has 6 heteroatoms.